The molecule has 0 aromatic heterocycles. The van der Waals surface area contributed by atoms with E-state index in [0.29, 0.717) is 13.0 Å². The molecule has 1 fully saturated rings. The second kappa shape index (κ2) is 8.40. The third-order valence-corrected chi connectivity index (χ3v) is 4.56. The highest BCUT2D eigenvalue weighted by Gasteiger charge is 2.32. The van der Waals surface area contributed by atoms with Crippen LogP contribution in [0.25, 0.3) is 0 Å². The molecule has 3 N–H and O–H groups in total. The highest BCUT2D eigenvalue weighted by atomic mass is 35.5. The van der Waals surface area contributed by atoms with Gasteiger partial charge in [-0.3, -0.25) is 4.79 Å². The second-order valence-electron chi connectivity index (χ2n) is 6.00. The molecule has 4 heteroatoms. The van der Waals surface area contributed by atoms with Crippen molar-refractivity contribution in [2.45, 2.75) is 51.9 Å². The Balaban J connectivity index is 0.00000220. The second-order valence-corrected chi connectivity index (χ2v) is 6.00. The molecule has 2 rings (SSSR count). The van der Waals surface area contributed by atoms with E-state index in [2.05, 4.69) is 18.3 Å². The van der Waals surface area contributed by atoms with E-state index in [4.69, 9.17) is 5.73 Å². The van der Waals surface area contributed by atoms with E-state index in [0.717, 1.165) is 24.9 Å². The fourth-order valence-electron chi connectivity index (χ4n) is 3.24. The first-order chi connectivity index (χ1) is 9.69. The predicted octanol–water partition coefficient (Wildman–Crippen LogP) is 3.91. The molecule has 0 aliphatic heterocycles. The Hall–Kier alpha value is -1.06. The first kappa shape index (κ1) is 18.0. The van der Waals surface area contributed by atoms with Gasteiger partial charge in [-0.25, -0.2) is 0 Å². The largest absolute Gasteiger partial charge is 0.330 e. The zero-order valence-corrected chi connectivity index (χ0v) is 13.7. The van der Waals surface area contributed by atoms with Crippen molar-refractivity contribution in [2.75, 3.05) is 11.9 Å². The van der Waals surface area contributed by atoms with Crippen LogP contribution in [-0.2, 0) is 11.2 Å². The van der Waals surface area contributed by atoms with Gasteiger partial charge in [-0.1, -0.05) is 44.4 Å². The maximum atomic E-state index is 12.3. The number of carbonyl (C=O) groups excluding carboxylic acids is 1. The quantitative estimate of drug-likeness (QED) is 0.866. The first-order valence-electron chi connectivity index (χ1n) is 7.77. The van der Waals surface area contributed by atoms with E-state index >= 15 is 0 Å². The third kappa shape index (κ3) is 4.72. The van der Waals surface area contributed by atoms with Crippen LogP contribution in [0.3, 0.4) is 0 Å². The molecule has 118 valence electrons. The molecular formula is C17H27ClN2O. The molecule has 0 radical (unpaired) electrons. The maximum absolute atomic E-state index is 12.3. The van der Waals surface area contributed by atoms with E-state index in [1.54, 1.807) is 0 Å². The molecule has 1 aromatic rings. The molecule has 1 amide bonds. The average Bonchev–Trinajstić information content (AvgIpc) is 2.48. The summed E-state index contributed by atoms with van der Waals surface area (Å²) in [6.45, 7) is 2.73. The first-order valence-corrected chi connectivity index (χ1v) is 7.77. The molecule has 0 atom stereocenters. The lowest BCUT2D eigenvalue weighted by Gasteiger charge is -2.35. The lowest BCUT2D eigenvalue weighted by atomic mass is 9.71. The zero-order chi connectivity index (χ0) is 14.4. The molecule has 1 aromatic carbocycles. The van der Waals surface area contributed by atoms with Gasteiger partial charge in [-0.15, -0.1) is 12.4 Å². The van der Waals surface area contributed by atoms with Crippen LogP contribution in [0.4, 0.5) is 5.69 Å². The van der Waals surface area contributed by atoms with Crippen molar-refractivity contribution < 1.29 is 4.79 Å². The van der Waals surface area contributed by atoms with Gasteiger partial charge in [0.25, 0.3) is 0 Å². The Morgan fingerprint density at radius 1 is 1.24 bits per heavy atom. The van der Waals surface area contributed by atoms with E-state index in [-0.39, 0.29) is 23.7 Å². The minimum absolute atomic E-state index is 0. The van der Waals surface area contributed by atoms with Crippen molar-refractivity contribution in [2.24, 2.45) is 11.1 Å². The fourth-order valence-corrected chi connectivity index (χ4v) is 3.24. The van der Waals surface area contributed by atoms with E-state index in [9.17, 15) is 4.79 Å². The number of carbonyl (C=O) groups is 1. The summed E-state index contributed by atoms with van der Waals surface area (Å²) in [5.41, 5.74) is 8.12. The molecule has 0 bridgehead atoms. The molecule has 3 nitrogen and oxygen atoms in total. The summed E-state index contributed by atoms with van der Waals surface area (Å²) in [4.78, 5) is 12.3. The molecule has 1 aliphatic carbocycles. The number of anilines is 1. The number of hydrogen-bond donors (Lipinski definition) is 2. The topological polar surface area (TPSA) is 55.1 Å². The predicted molar refractivity (Wildman–Crippen MR) is 90.9 cm³/mol. The molecule has 0 unspecified atom stereocenters. The van der Waals surface area contributed by atoms with Gasteiger partial charge in [-0.2, -0.15) is 0 Å². The third-order valence-electron chi connectivity index (χ3n) is 4.56. The van der Waals surface area contributed by atoms with Crippen LogP contribution in [0.15, 0.2) is 24.3 Å². The number of rotatable bonds is 5. The minimum atomic E-state index is 0. The van der Waals surface area contributed by atoms with Gasteiger partial charge in [0.1, 0.15) is 0 Å². The molecule has 1 aliphatic rings. The maximum Gasteiger partial charge on any atom is 0.224 e. The number of amides is 1. The lowest BCUT2D eigenvalue weighted by Crippen LogP contribution is -2.36. The van der Waals surface area contributed by atoms with Gasteiger partial charge in [0, 0.05) is 12.1 Å². The van der Waals surface area contributed by atoms with Gasteiger partial charge < -0.3 is 11.1 Å². The number of halogens is 1. The van der Waals surface area contributed by atoms with Crippen LogP contribution in [-0.4, -0.2) is 12.5 Å². The number of para-hydroxylation sites is 1. The summed E-state index contributed by atoms with van der Waals surface area (Å²) in [5.74, 6) is 0.109. The van der Waals surface area contributed by atoms with Crippen molar-refractivity contribution >= 4 is 24.0 Å². The summed E-state index contributed by atoms with van der Waals surface area (Å²) >= 11 is 0. The Kier molecular flexibility index (Phi) is 7.20. The minimum Gasteiger partial charge on any atom is -0.330 e. The van der Waals surface area contributed by atoms with Crippen LogP contribution < -0.4 is 11.1 Å². The van der Waals surface area contributed by atoms with Crippen molar-refractivity contribution in [1.29, 1.82) is 0 Å². The summed E-state index contributed by atoms with van der Waals surface area (Å²) in [6, 6.07) is 8.02. The number of nitrogens with two attached hydrogens (primary N) is 1. The fraction of sp³-hybridized carbons (Fsp3) is 0.588. The van der Waals surface area contributed by atoms with Crippen molar-refractivity contribution in [3.63, 3.8) is 0 Å². The highest BCUT2D eigenvalue weighted by Crippen LogP contribution is 2.38. The molecule has 1 saturated carbocycles. The van der Waals surface area contributed by atoms with Gasteiger partial charge in [0.05, 0.1) is 0 Å². The Morgan fingerprint density at radius 2 is 1.90 bits per heavy atom. The van der Waals surface area contributed by atoms with Crippen molar-refractivity contribution in [1.82, 2.24) is 0 Å². The number of benzene rings is 1. The summed E-state index contributed by atoms with van der Waals surface area (Å²) < 4.78 is 0. The number of aryl methyl sites for hydroxylation is 1. The van der Waals surface area contributed by atoms with Crippen molar-refractivity contribution in [3.05, 3.63) is 29.8 Å². The van der Waals surface area contributed by atoms with Crippen LogP contribution in [0, 0.1) is 5.41 Å². The van der Waals surface area contributed by atoms with Crippen LogP contribution in [0.5, 0.6) is 0 Å². The molecule has 0 heterocycles. The Bertz CT molecular complexity index is 456. The van der Waals surface area contributed by atoms with E-state index < -0.39 is 0 Å². The van der Waals surface area contributed by atoms with Crippen LogP contribution in [0.2, 0.25) is 0 Å². The van der Waals surface area contributed by atoms with Gasteiger partial charge >= 0.3 is 0 Å². The summed E-state index contributed by atoms with van der Waals surface area (Å²) in [5, 5.41) is 3.07. The van der Waals surface area contributed by atoms with E-state index in [1.165, 1.54) is 24.8 Å². The highest BCUT2D eigenvalue weighted by molar-refractivity contribution is 5.92. The average molecular weight is 311 g/mol. The normalized spacial score (nSPS) is 16.9. The standard InChI is InChI=1S/C17H26N2O.ClH/c1-2-14-8-4-5-9-15(14)19-16(20)12-17(13-18)10-6-3-7-11-17;/h4-5,8-9H,2-3,6-7,10-13,18H2,1H3,(H,19,20);1H. The molecular weight excluding hydrogens is 284 g/mol. The van der Waals surface area contributed by atoms with Crippen LogP contribution >= 0.6 is 12.4 Å². The summed E-state index contributed by atoms with van der Waals surface area (Å²) in [6.07, 6.45) is 7.35. The van der Waals surface area contributed by atoms with Crippen molar-refractivity contribution in [3.8, 4) is 0 Å². The van der Waals surface area contributed by atoms with E-state index in [1.807, 2.05) is 18.2 Å². The monoisotopic (exact) mass is 310 g/mol. The van der Waals surface area contributed by atoms with Gasteiger partial charge in [-0.05, 0) is 42.9 Å². The number of hydrogen-bond acceptors (Lipinski definition) is 2. The van der Waals surface area contributed by atoms with Gasteiger partial charge in [0.2, 0.25) is 5.91 Å². The molecule has 21 heavy (non-hydrogen) atoms. The smallest absolute Gasteiger partial charge is 0.224 e. The molecule has 0 saturated heterocycles. The molecule has 0 spiro atoms. The number of nitrogens with one attached hydrogen (secondary N) is 1. The van der Waals surface area contributed by atoms with Gasteiger partial charge in [0.15, 0.2) is 0 Å². The Labute approximate surface area is 134 Å². The Morgan fingerprint density at radius 3 is 2.52 bits per heavy atom. The zero-order valence-electron chi connectivity index (χ0n) is 12.9. The summed E-state index contributed by atoms with van der Waals surface area (Å²) in [7, 11) is 0. The lowest BCUT2D eigenvalue weighted by molar-refractivity contribution is -0.118. The van der Waals surface area contributed by atoms with Crippen LogP contribution in [0.1, 0.15) is 51.0 Å². The SMILES string of the molecule is CCc1ccccc1NC(=O)CC1(CN)CCCCC1.Cl.